The van der Waals surface area contributed by atoms with Crippen molar-refractivity contribution in [1.29, 1.82) is 0 Å². The van der Waals surface area contributed by atoms with Crippen molar-refractivity contribution in [2.45, 2.75) is 38.4 Å². The van der Waals surface area contributed by atoms with E-state index in [0.717, 1.165) is 52.0 Å². The number of amides is 1. The van der Waals surface area contributed by atoms with E-state index < -0.39 is 0 Å². The van der Waals surface area contributed by atoms with Crippen molar-refractivity contribution in [1.82, 2.24) is 19.6 Å². The molecule has 0 aliphatic carbocycles. The zero-order chi connectivity index (χ0) is 15.6. The van der Waals surface area contributed by atoms with E-state index in [1.54, 1.807) is 0 Å². The number of hydrogen-bond acceptors (Lipinski definition) is 4. The van der Waals surface area contributed by atoms with Crippen molar-refractivity contribution >= 4 is 17.2 Å². The molecular formula is C17H22N4OS. The minimum absolute atomic E-state index is 0.317. The first-order valence-corrected chi connectivity index (χ1v) is 9.22. The van der Waals surface area contributed by atoms with Crippen molar-refractivity contribution in [3.63, 3.8) is 0 Å². The SMILES string of the molecule is O=C1CCCN1CC[C@@H]1CN(Cc2cccs2)Cc2ccnn21. The summed E-state index contributed by atoms with van der Waals surface area (Å²) >= 11 is 1.82. The Morgan fingerprint density at radius 1 is 1.35 bits per heavy atom. The maximum Gasteiger partial charge on any atom is 0.222 e. The maximum absolute atomic E-state index is 11.8. The molecule has 0 N–H and O–H groups in total. The van der Waals surface area contributed by atoms with E-state index in [1.165, 1.54) is 10.6 Å². The van der Waals surface area contributed by atoms with Crippen LogP contribution in [-0.4, -0.2) is 45.1 Å². The zero-order valence-corrected chi connectivity index (χ0v) is 14.0. The molecule has 4 heterocycles. The van der Waals surface area contributed by atoms with Crippen molar-refractivity contribution < 1.29 is 4.79 Å². The summed E-state index contributed by atoms with van der Waals surface area (Å²) in [4.78, 5) is 17.7. The van der Waals surface area contributed by atoms with Gasteiger partial charge in [-0.15, -0.1) is 11.3 Å². The fourth-order valence-corrected chi connectivity index (χ4v) is 4.41. The minimum Gasteiger partial charge on any atom is -0.343 e. The Balaban J connectivity index is 1.43. The van der Waals surface area contributed by atoms with Gasteiger partial charge in [-0.3, -0.25) is 14.4 Å². The monoisotopic (exact) mass is 330 g/mol. The number of carbonyl (C=O) groups excluding carboxylic acids is 1. The summed E-state index contributed by atoms with van der Waals surface area (Å²) in [5, 5.41) is 6.66. The van der Waals surface area contributed by atoms with Crippen LogP contribution in [0.4, 0.5) is 0 Å². The van der Waals surface area contributed by atoms with Gasteiger partial charge < -0.3 is 4.90 Å². The van der Waals surface area contributed by atoms with Crippen LogP contribution < -0.4 is 0 Å². The third-order valence-corrected chi connectivity index (χ3v) is 5.68. The van der Waals surface area contributed by atoms with Crippen LogP contribution in [-0.2, 0) is 17.9 Å². The number of fused-ring (bicyclic) bond motifs is 1. The minimum atomic E-state index is 0.317. The van der Waals surface area contributed by atoms with Crippen LogP contribution in [0.5, 0.6) is 0 Å². The van der Waals surface area contributed by atoms with Gasteiger partial charge in [-0.05, 0) is 30.4 Å². The molecule has 0 aromatic carbocycles. The van der Waals surface area contributed by atoms with Crippen LogP contribution in [0.15, 0.2) is 29.8 Å². The third kappa shape index (κ3) is 3.19. The Morgan fingerprint density at radius 3 is 3.09 bits per heavy atom. The van der Waals surface area contributed by atoms with Crippen molar-refractivity contribution in [3.05, 3.63) is 40.3 Å². The first-order valence-electron chi connectivity index (χ1n) is 8.34. The summed E-state index contributed by atoms with van der Waals surface area (Å²) in [6.45, 7) is 4.75. The maximum atomic E-state index is 11.8. The van der Waals surface area contributed by atoms with Crippen LogP contribution >= 0.6 is 11.3 Å². The van der Waals surface area contributed by atoms with Crippen molar-refractivity contribution in [3.8, 4) is 0 Å². The summed E-state index contributed by atoms with van der Waals surface area (Å²) in [6.07, 6.45) is 4.63. The number of rotatable bonds is 5. The van der Waals surface area contributed by atoms with Crippen LogP contribution in [0.2, 0.25) is 0 Å². The number of aromatic nitrogens is 2. The largest absolute Gasteiger partial charge is 0.343 e. The summed E-state index contributed by atoms with van der Waals surface area (Å²) in [5.41, 5.74) is 1.28. The first kappa shape index (κ1) is 14.9. The zero-order valence-electron chi connectivity index (χ0n) is 13.2. The van der Waals surface area contributed by atoms with E-state index in [2.05, 4.69) is 38.3 Å². The summed E-state index contributed by atoms with van der Waals surface area (Å²) < 4.78 is 2.17. The van der Waals surface area contributed by atoms with Gasteiger partial charge in [0.15, 0.2) is 0 Å². The Labute approximate surface area is 140 Å². The highest BCUT2D eigenvalue weighted by Gasteiger charge is 2.27. The van der Waals surface area contributed by atoms with Crippen molar-refractivity contribution in [2.24, 2.45) is 0 Å². The smallest absolute Gasteiger partial charge is 0.222 e. The average molecular weight is 330 g/mol. The molecular weight excluding hydrogens is 308 g/mol. The topological polar surface area (TPSA) is 41.4 Å². The number of thiophene rings is 1. The van der Waals surface area contributed by atoms with Crippen LogP contribution in [0, 0.1) is 0 Å². The summed E-state index contributed by atoms with van der Waals surface area (Å²) in [7, 11) is 0. The molecule has 2 aliphatic heterocycles. The van der Waals surface area contributed by atoms with Gasteiger partial charge in [0.05, 0.1) is 11.7 Å². The lowest BCUT2D eigenvalue weighted by molar-refractivity contribution is -0.127. The van der Waals surface area contributed by atoms with E-state index in [4.69, 9.17) is 0 Å². The lowest BCUT2D eigenvalue weighted by Crippen LogP contribution is -2.39. The molecule has 0 saturated carbocycles. The molecule has 0 unspecified atom stereocenters. The Kier molecular flexibility index (Phi) is 4.18. The van der Waals surface area contributed by atoms with E-state index in [0.29, 0.717) is 11.9 Å². The summed E-state index contributed by atoms with van der Waals surface area (Å²) in [6, 6.07) is 6.80. The molecule has 2 aromatic heterocycles. The highest BCUT2D eigenvalue weighted by Crippen LogP contribution is 2.26. The Morgan fingerprint density at radius 2 is 2.30 bits per heavy atom. The van der Waals surface area contributed by atoms with Crippen molar-refractivity contribution in [2.75, 3.05) is 19.6 Å². The molecule has 0 radical (unpaired) electrons. The molecule has 4 rings (SSSR count). The molecule has 0 spiro atoms. The second kappa shape index (κ2) is 6.45. The highest BCUT2D eigenvalue weighted by molar-refractivity contribution is 7.09. The van der Waals surface area contributed by atoms with Gasteiger partial charge in [0.2, 0.25) is 5.91 Å². The molecule has 1 saturated heterocycles. The average Bonchev–Trinajstić information content (AvgIpc) is 3.27. The molecule has 23 heavy (non-hydrogen) atoms. The number of hydrogen-bond donors (Lipinski definition) is 0. The molecule has 0 bridgehead atoms. The van der Waals surface area contributed by atoms with Gasteiger partial charge in [-0.1, -0.05) is 6.07 Å². The highest BCUT2D eigenvalue weighted by atomic mass is 32.1. The fourth-order valence-electron chi connectivity index (χ4n) is 3.67. The summed E-state index contributed by atoms with van der Waals surface area (Å²) in [5.74, 6) is 0.317. The van der Waals surface area contributed by atoms with Crippen LogP contribution in [0.25, 0.3) is 0 Å². The van der Waals surface area contributed by atoms with Gasteiger partial charge in [0, 0.05) is 50.2 Å². The number of likely N-dealkylation sites (tertiary alicyclic amines) is 1. The van der Waals surface area contributed by atoms with E-state index >= 15 is 0 Å². The molecule has 1 amide bonds. The second-order valence-electron chi connectivity index (χ2n) is 6.44. The first-order chi connectivity index (χ1) is 11.3. The van der Waals surface area contributed by atoms with Gasteiger partial charge >= 0.3 is 0 Å². The van der Waals surface area contributed by atoms with Gasteiger partial charge in [0.1, 0.15) is 0 Å². The fraction of sp³-hybridized carbons (Fsp3) is 0.529. The lowest BCUT2D eigenvalue weighted by atomic mass is 10.1. The quantitative estimate of drug-likeness (QED) is 0.846. The van der Waals surface area contributed by atoms with Gasteiger partial charge in [-0.25, -0.2) is 0 Å². The molecule has 1 atom stereocenters. The van der Waals surface area contributed by atoms with Crippen LogP contribution in [0.3, 0.4) is 0 Å². The van der Waals surface area contributed by atoms with Gasteiger partial charge in [0.25, 0.3) is 0 Å². The number of carbonyl (C=O) groups is 1. The molecule has 5 nitrogen and oxygen atoms in total. The molecule has 1 fully saturated rings. The normalized spacial score (nSPS) is 21.8. The predicted molar refractivity (Wildman–Crippen MR) is 90.1 cm³/mol. The second-order valence-corrected chi connectivity index (χ2v) is 7.48. The standard InChI is InChI=1S/C17H22N4OS/c22-17-4-1-8-20(17)9-6-15-12-19(13-16-3-2-10-23-16)11-14-5-7-18-21(14)15/h2-3,5,7,10,15H,1,4,6,8-9,11-13H2/t15-/m1/s1. The third-order valence-electron chi connectivity index (χ3n) is 4.82. The molecule has 6 heteroatoms. The van der Waals surface area contributed by atoms with Gasteiger partial charge in [-0.2, -0.15) is 5.10 Å². The predicted octanol–water partition coefficient (Wildman–Crippen LogP) is 2.51. The van der Waals surface area contributed by atoms with Crippen LogP contribution in [0.1, 0.15) is 35.9 Å². The molecule has 2 aromatic rings. The lowest BCUT2D eigenvalue weighted by Gasteiger charge is -2.34. The molecule has 122 valence electrons. The molecule has 2 aliphatic rings. The number of nitrogens with zero attached hydrogens (tertiary/aromatic N) is 4. The van der Waals surface area contributed by atoms with E-state index in [-0.39, 0.29) is 0 Å². The Bertz CT molecular complexity index is 666. The van der Waals surface area contributed by atoms with E-state index in [1.807, 2.05) is 22.4 Å². The van der Waals surface area contributed by atoms with E-state index in [9.17, 15) is 4.79 Å². The Hall–Kier alpha value is -1.66.